The molecule has 1 aromatic rings. The molecule has 2 N–H and O–H groups in total. The first-order valence-corrected chi connectivity index (χ1v) is 7.80. The molecule has 1 unspecified atom stereocenters. The van der Waals surface area contributed by atoms with E-state index in [9.17, 15) is 4.79 Å². The van der Waals surface area contributed by atoms with E-state index in [0.29, 0.717) is 12.6 Å². The number of aromatic nitrogens is 2. The molecule has 6 heteroatoms. The van der Waals surface area contributed by atoms with Crippen LogP contribution in [0.1, 0.15) is 35.8 Å². The van der Waals surface area contributed by atoms with E-state index in [2.05, 4.69) is 16.9 Å². The van der Waals surface area contributed by atoms with Gasteiger partial charge in [-0.25, -0.2) is 0 Å². The molecule has 0 aromatic carbocycles. The maximum atomic E-state index is 12.5. The third-order valence-corrected chi connectivity index (χ3v) is 4.48. The third kappa shape index (κ3) is 3.44. The lowest BCUT2D eigenvalue weighted by atomic mass is 10.1. The molecular formula is C15H27N5O. The van der Waals surface area contributed by atoms with Crippen LogP contribution in [0, 0.1) is 6.92 Å². The number of aryl methyl sites for hydroxylation is 1. The summed E-state index contributed by atoms with van der Waals surface area (Å²) in [6.07, 6.45) is 3.95. The summed E-state index contributed by atoms with van der Waals surface area (Å²) in [5.41, 5.74) is 7.51. The van der Waals surface area contributed by atoms with Crippen molar-refractivity contribution in [2.24, 2.45) is 12.8 Å². The van der Waals surface area contributed by atoms with Gasteiger partial charge < -0.3 is 10.6 Å². The number of rotatable bonds is 5. The lowest BCUT2D eigenvalue weighted by Gasteiger charge is -2.39. The van der Waals surface area contributed by atoms with Crippen LogP contribution in [0.3, 0.4) is 0 Å². The zero-order valence-electron chi connectivity index (χ0n) is 13.4. The van der Waals surface area contributed by atoms with Gasteiger partial charge in [0.1, 0.15) is 0 Å². The normalized spacial score (nSPS) is 18.0. The van der Waals surface area contributed by atoms with Crippen LogP contribution in [-0.2, 0) is 7.05 Å². The molecule has 0 radical (unpaired) electrons. The van der Waals surface area contributed by atoms with Crippen molar-refractivity contribution < 1.29 is 4.79 Å². The minimum Gasteiger partial charge on any atom is -0.336 e. The number of hydrogen-bond donors (Lipinski definition) is 1. The lowest BCUT2D eigenvalue weighted by molar-refractivity contribution is 0.0565. The molecule has 1 aromatic heterocycles. The van der Waals surface area contributed by atoms with Crippen molar-refractivity contribution in [2.75, 3.05) is 32.7 Å². The Hall–Kier alpha value is -1.40. The molecule has 1 saturated heterocycles. The van der Waals surface area contributed by atoms with Crippen LogP contribution in [0.2, 0.25) is 0 Å². The van der Waals surface area contributed by atoms with Crippen molar-refractivity contribution in [3.8, 4) is 0 Å². The largest absolute Gasteiger partial charge is 0.336 e. The molecule has 1 fully saturated rings. The van der Waals surface area contributed by atoms with Gasteiger partial charge in [-0.15, -0.1) is 0 Å². The molecule has 0 bridgehead atoms. The van der Waals surface area contributed by atoms with Gasteiger partial charge in [0.2, 0.25) is 0 Å². The van der Waals surface area contributed by atoms with E-state index in [-0.39, 0.29) is 5.91 Å². The molecule has 2 rings (SSSR count). The summed E-state index contributed by atoms with van der Waals surface area (Å²) in [5.74, 6) is 0.0973. The fourth-order valence-electron chi connectivity index (χ4n) is 2.95. The van der Waals surface area contributed by atoms with E-state index in [0.717, 1.165) is 50.3 Å². The summed E-state index contributed by atoms with van der Waals surface area (Å²) in [5, 5.41) is 4.16. The van der Waals surface area contributed by atoms with Crippen LogP contribution >= 0.6 is 0 Å². The van der Waals surface area contributed by atoms with Crippen LogP contribution in [0.25, 0.3) is 0 Å². The number of nitrogens with two attached hydrogens (primary N) is 1. The van der Waals surface area contributed by atoms with Gasteiger partial charge in [0.05, 0.1) is 11.8 Å². The highest BCUT2D eigenvalue weighted by atomic mass is 16.2. The molecule has 1 aliphatic rings. The van der Waals surface area contributed by atoms with E-state index >= 15 is 0 Å². The molecule has 0 aliphatic carbocycles. The summed E-state index contributed by atoms with van der Waals surface area (Å²) in [4.78, 5) is 16.9. The number of carbonyl (C=O) groups excluding carboxylic acids is 1. The van der Waals surface area contributed by atoms with Crippen molar-refractivity contribution in [1.82, 2.24) is 19.6 Å². The van der Waals surface area contributed by atoms with E-state index in [1.165, 1.54) is 0 Å². The minimum absolute atomic E-state index is 0.0973. The van der Waals surface area contributed by atoms with E-state index in [1.807, 2.05) is 18.9 Å². The molecule has 6 nitrogen and oxygen atoms in total. The fraction of sp³-hybridized carbons (Fsp3) is 0.733. The molecule has 1 atom stereocenters. The topological polar surface area (TPSA) is 67.4 Å². The van der Waals surface area contributed by atoms with Gasteiger partial charge in [-0.1, -0.05) is 13.3 Å². The summed E-state index contributed by atoms with van der Waals surface area (Å²) in [6, 6.07) is 0.451. The molecule has 0 spiro atoms. The third-order valence-electron chi connectivity index (χ3n) is 4.48. The Morgan fingerprint density at radius 3 is 2.52 bits per heavy atom. The molecule has 2 heterocycles. The standard InChI is InChI=1S/C15H27N5O/c1-4-5-13(10-16)19-6-8-20(9-7-19)15(21)14-11-17-18(3)12(14)2/h11,13H,4-10,16H2,1-3H3. The van der Waals surface area contributed by atoms with Gasteiger partial charge >= 0.3 is 0 Å². The van der Waals surface area contributed by atoms with Gasteiger partial charge in [-0.3, -0.25) is 14.4 Å². The summed E-state index contributed by atoms with van der Waals surface area (Å²) >= 11 is 0. The summed E-state index contributed by atoms with van der Waals surface area (Å²) in [7, 11) is 1.86. The van der Waals surface area contributed by atoms with Gasteiger partial charge in [0, 0.05) is 51.5 Å². The molecule has 0 saturated carbocycles. The quantitative estimate of drug-likeness (QED) is 0.864. The molecular weight excluding hydrogens is 266 g/mol. The first-order chi connectivity index (χ1) is 10.1. The number of nitrogens with zero attached hydrogens (tertiary/aromatic N) is 4. The van der Waals surface area contributed by atoms with Gasteiger partial charge in [-0.05, 0) is 13.3 Å². The molecule has 1 amide bonds. The van der Waals surface area contributed by atoms with E-state index < -0.39 is 0 Å². The Kier molecular flexibility index (Phi) is 5.36. The second kappa shape index (κ2) is 7.04. The van der Waals surface area contributed by atoms with E-state index in [1.54, 1.807) is 10.9 Å². The van der Waals surface area contributed by atoms with Crippen molar-refractivity contribution in [3.05, 3.63) is 17.5 Å². The SMILES string of the molecule is CCCC(CN)N1CCN(C(=O)c2cnn(C)c2C)CC1. The summed E-state index contributed by atoms with van der Waals surface area (Å²) in [6.45, 7) is 8.18. The van der Waals surface area contributed by atoms with Gasteiger partial charge in [0.15, 0.2) is 0 Å². The van der Waals surface area contributed by atoms with Gasteiger partial charge in [0.25, 0.3) is 5.91 Å². The predicted molar refractivity (Wildman–Crippen MR) is 83.2 cm³/mol. The van der Waals surface area contributed by atoms with Crippen molar-refractivity contribution in [2.45, 2.75) is 32.7 Å². The first-order valence-electron chi connectivity index (χ1n) is 7.80. The van der Waals surface area contributed by atoms with Crippen LogP contribution in [0.5, 0.6) is 0 Å². The zero-order chi connectivity index (χ0) is 15.4. The van der Waals surface area contributed by atoms with Crippen LogP contribution in [0.15, 0.2) is 6.20 Å². The van der Waals surface area contributed by atoms with Crippen molar-refractivity contribution in [3.63, 3.8) is 0 Å². The highest BCUT2D eigenvalue weighted by Crippen LogP contribution is 2.14. The smallest absolute Gasteiger partial charge is 0.257 e. The fourth-order valence-corrected chi connectivity index (χ4v) is 2.95. The molecule has 1 aliphatic heterocycles. The maximum absolute atomic E-state index is 12.5. The highest BCUT2D eigenvalue weighted by Gasteiger charge is 2.27. The molecule has 118 valence electrons. The average Bonchev–Trinajstić information content (AvgIpc) is 2.84. The predicted octanol–water partition coefficient (Wildman–Crippen LogP) is 0.614. The Morgan fingerprint density at radius 1 is 1.38 bits per heavy atom. The number of amides is 1. The Balaban J connectivity index is 1.94. The highest BCUT2D eigenvalue weighted by molar-refractivity contribution is 5.95. The van der Waals surface area contributed by atoms with Crippen LogP contribution in [0.4, 0.5) is 0 Å². The Morgan fingerprint density at radius 2 is 2.05 bits per heavy atom. The average molecular weight is 293 g/mol. The monoisotopic (exact) mass is 293 g/mol. The maximum Gasteiger partial charge on any atom is 0.257 e. The molecule has 21 heavy (non-hydrogen) atoms. The second-order valence-electron chi connectivity index (χ2n) is 5.77. The second-order valence-corrected chi connectivity index (χ2v) is 5.77. The lowest BCUT2D eigenvalue weighted by Crippen LogP contribution is -2.53. The van der Waals surface area contributed by atoms with Crippen molar-refractivity contribution in [1.29, 1.82) is 0 Å². The number of carbonyl (C=O) groups is 1. The number of piperazine rings is 1. The van der Waals surface area contributed by atoms with Gasteiger partial charge in [-0.2, -0.15) is 5.10 Å². The van der Waals surface area contributed by atoms with Crippen molar-refractivity contribution >= 4 is 5.91 Å². The Bertz CT molecular complexity index is 476. The van der Waals surface area contributed by atoms with Crippen LogP contribution < -0.4 is 5.73 Å². The van der Waals surface area contributed by atoms with E-state index in [4.69, 9.17) is 5.73 Å². The zero-order valence-corrected chi connectivity index (χ0v) is 13.4. The number of hydrogen-bond acceptors (Lipinski definition) is 4. The minimum atomic E-state index is 0.0973. The summed E-state index contributed by atoms with van der Waals surface area (Å²) < 4.78 is 1.75. The Labute approximate surface area is 126 Å². The first kappa shape index (κ1) is 16.0. The van der Waals surface area contributed by atoms with Crippen LogP contribution in [-0.4, -0.2) is 64.3 Å².